The number of aryl methyl sites for hydroxylation is 2. The van der Waals surface area contributed by atoms with E-state index in [0.29, 0.717) is 36.4 Å². The fraction of sp³-hybridized carbons (Fsp3) is 0.545. The van der Waals surface area contributed by atoms with E-state index < -0.39 is 17.5 Å². The second-order valence-corrected chi connectivity index (χ2v) is 8.83. The number of fused-ring (bicyclic) bond motifs is 1. The first kappa shape index (κ1) is 21.9. The van der Waals surface area contributed by atoms with E-state index in [9.17, 15) is 14.0 Å². The van der Waals surface area contributed by atoms with Crippen LogP contribution in [0.2, 0.25) is 0 Å². The number of halogens is 1. The van der Waals surface area contributed by atoms with Crippen molar-refractivity contribution < 1.29 is 18.7 Å². The Morgan fingerprint density at radius 3 is 2.43 bits per heavy atom. The molecular weight excluding hydrogens is 387 g/mol. The Labute approximate surface area is 176 Å². The summed E-state index contributed by atoms with van der Waals surface area (Å²) in [6, 6.07) is 2.55. The second-order valence-electron chi connectivity index (χ2n) is 8.83. The standard InChI is InChI=1S/C22H29FN4O3/c1-13-14(2)26-19-17(10-16(23)11-18(19)25-13)20(28)27-8-6-15(7-9-27)12-24-21(29)30-22(3,4)5/h10-11,15H,6-9,12H2,1-5H3,(H,24,29). The predicted molar refractivity (Wildman–Crippen MR) is 112 cm³/mol. The first-order chi connectivity index (χ1) is 14.0. The Balaban J connectivity index is 1.65. The van der Waals surface area contributed by atoms with Gasteiger partial charge in [0.05, 0.1) is 22.5 Å². The number of carbonyl (C=O) groups excluding carboxylic acids is 2. The molecule has 2 aromatic rings. The van der Waals surface area contributed by atoms with Gasteiger partial charge >= 0.3 is 6.09 Å². The maximum absolute atomic E-state index is 14.1. The number of ether oxygens (including phenoxy) is 1. The van der Waals surface area contributed by atoms with Crippen LogP contribution in [0.3, 0.4) is 0 Å². The molecule has 2 heterocycles. The Kier molecular flexibility index (Phi) is 6.24. The minimum absolute atomic E-state index is 0.240. The number of benzene rings is 1. The van der Waals surface area contributed by atoms with E-state index in [1.807, 2.05) is 34.6 Å². The number of hydrogen-bond acceptors (Lipinski definition) is 5. The SMILES string of the molecule is Cc1nc2cc(F)cc(C(=O)N3CCC(CNC(=O)OC(C)(C)C)CC3)c2nc1C. The lowest BCUT2D eigenvalue weighted by atomic mass is 9.96. The van der Waals surface area contributed by atoms with Gasteiger partial charge in [-0.15, -0.1) is 0 Å². The summed E-state index contributed by atoms with van der Waals surface area (Å²) in [6.07, 6.45) is 1.06. The molecule has 7 nitrogen and oxygen atoms in total. The van der Waals surface area contributed by atoms with Crippen LogP contribution in [0.25, 0.3) is 11.0 Å². The zero-order chi connectivity index (χ0) is 22.1. The Hall–Kier alpha value is -2.77. The molecule has 0 spiro atoms. The van der Waals surface area contributed by atoms with Crippen LogP contribution in [0, 0.1) is 25.6 Å². The number of hydrogen-bond donors (Lipinski definition) is 1. The zero-order valence-electron chi connectivity index (χ0n) is 18.2. The quantitative estimate of drug-likeness (QED) is 0.824. The van der Waals surface area contributed by atoms with Crippen molar-refractivity contribution in [3.8, 4) is 0 Å². The monoisotopic (exact) mass is 416 g/mol. The second kappa shape index (κ2) is 8.53. The highest BCUT2D eigenvalue weighted by molar-refractivity contribution is 6.04. The number of rotatable bonds is 3. The molecule has 0 saturated carbocycles. The van der Waals surface area contributed by atoms with Crippen LogP contribution >= 0.6 is 0 Å². The number of amides is 2. The van der Waals surface area contributed by atoms with Crippen LogP contribution in [0.5, 0.6) is 0 Å². The van der Waals surface area contributed by atoms with Crippen LogP contribution in [0.1, 0.15) is 55.4 Å². The predicted octanol–water partition coefficient (Wildman–Crippen LogP) is 3.76. The van der Waals surface area contributed by atoms with Gasteiger partial charge in [0.1, 0.15) is 16.9 Å². The largest absolute Gasteiger partial charge is 0.444 e. The first-order valence-corrected chi connectivity index (χ1v) is 10.2. The number of likely N-dealkylation sites (tertiary alicyclic amines) is 1. The number of nitrogens with zero attached hydrogens (tertiary/aromatic N) is 3. The van der Waals surface area contributed by atoms with Gasteiger partial charge in [-0.1, -0.05) is 0 Å². The van der Waals surface area contributed by atoms with Gasteiger partial charge in [-0.3, -0.25) is 4.79 Å². The maximum Gasteiger partial charge on any atom is 0.407 e. The molecule has 1 saturated heterocycles. The molecular formula is C22H29FN4O3. The van der Waals surface area contributed by atoms with Gasteiger partial charge in [-0.05, 0) is 59.4 Å². The van der Waals surface area contributed by atoms with Gasteiger partial charge in [0.25, 0.3) is 5.91 Å². The van der Waals surface area contributed by atoms with Crippen molar-refractivity contribution in [2.24, 2.45) is 5.92 Å². The smallest absolute Gasteiger partial charge is 0.407 e. The molecule has 30 heavy (non-hydrogen) atoms. The minimum Gasteiger partial charge on any atom is -0.444 e. The number of nitrogens with one attached hydrogen (secondary N) is 1. The van der Waals surface area contributed by atoms with E-state index in [2.05, 4.69) is 15.3 Å². The molecule has 1 aromatic carbocycles. The lowest BCUT2D eigenvalue weighted by Gasteiger charge is -2.32. The highest BCUT2D eigenvalue weighted by Crippen LogP contribution is 2.24. The molecule has 0 bridgehead atoms. The van der Waals surface area contributed by atoms with E-state index in [4.69, 9.17) is 4.74 Å². The van der Waals surface area contributed by atoms with Crippen molar-refractivity contribution in [3.05, 3.63) is 34.9 Å². The Bertz CT molecular complexity index is 963. The van der Waals surface area contributed by atoms with Crippen molar-refractivity contribution in [2.75, 3.05) is 19.6 Å². The summed E-state index contributed by atoms with van der Waals surface area (Å²) in [7, 11) is 0. The van der Waals surface area contributed by atoms with Crippen LogP contribution in [-0.4, -0.2) is 52.1 Å². The van der Waals surface area contributed by atoms with Gasteiger partial charge in [-0.25, -0.2) is 19.2 Å². The average Bonchev–Trinajstić information content (AvgIpc) is 2.65. The summed E-state index contributed by atoms with van der Waals surface area (Å²) in [4.78, 5) is 35.5. The zero-order valence-corrected chi connectivity index (χ0v) is 18.2. The fourth-order valence-corrected chi connectivity index (χ4v) is 3.51. The van der Waals surface area contributed by atoms with Crippen LogP contribution in [0.4, 0.5) is 9.18 Å². The van der Waals surface area contributed by atoms with Crippen LogP contribution in [0.15, 0.2) is 12.1 Å². The molecule has 0 radical (unpaired) electrons. The summed E-state index contributed by atoms with van der Waals surface area (Å²) in [5.41, 5.74) is 1.95. The summed E-state index contributed by atoms with van der Waals surface area (Å²) in [5, 5.41) is 2.80. The summed E-state index contributed by atoms with van der Waals surface area (Å²) >= 11 is 0. The molecule has 2 amide bonds. The molecule has 1 aliphatic heterocycles. The molecule has 0 unspecified atom stereocenters. The summed E-state index contributed by atoms with van der Waals surface area (Å²) in [6.45, 7) is 10.7. The summed E-state index contributed by atoms with van der Waals surface area (Å²) in [5.74, 6) is -0.481. The van der Waals surface area contributed by atoms with Crippen molar-refractivity contribution in [1.29, 1.82) is 0 Å². The van der Waals surface area contributed by atoms with Gasteiger partial charge in [0, 0.05) is 25.7 Å². The van der Waals surface area contributed by atoms with Crippen LogP contribution < -0.4 is 5.32 Å². The molecule has 8 heteroatoms. The third kappa shape index (κ3) is 5.23. The topological polar surface area (TPSA) is 84.4 Å². The fourth-order valence-electron chi connectivity index (χ4n) is 3.51. The molecule has 0 aliphatic carbocycles. The Morgan fingerprint density at radius 2 is 1.80 bits per heavy atom. The summed E-state index contributed by atoms with van der Waals surface area (Å²) < 4.78 is 19.4. The molecule has 1 fully saturated rings. The van der Waals surface area contributed by atoms with Gasteiger partial charge in [0.2, 0.25) is 0 Å². The van der Waals surface area contributed by atoms with E-state index in [-0.39, 0.29) is 17.4 Å². The molecule has 0 atom stereocenters. The first-order valence-electron chi connectivity index (χ1n) is 10.2. The van der Waals surface area contributed by atoms with Gasteiger partial charge in [0.15, 0.2) is 0 Å². The van der Waals surface area contributed by atoms with E-state index in [0.717, 1.165) is 18.5 Å². The minimum atomic E-state index is -0.534. The maximum atomic E-state index is 14.1. The van der Waals surface area contributed by atoms with Gasteiger partial charge in [-0.2, -0.15) is 0 Å². The van der Waals surface area contributed by atoms with Crippen molar-refractivity contribution >= 4 is 23.0 Å². The van der Waals surface area contributed by atoms with E-state index in [1.165, 1.54) is 12.1 Å². The number of aromatic nitrogens is 2. The molecule has 1 aliphatic rings. The lowest BCUT2D eigenvalue weighted by molar-refractivity contribution is 0.0500. The van der Waals surface area contributed by atoms with Gasteiger partial charge < -0.3 is 15.0 Å². The third-order valence-electron chi connectivity index (χ3n) is 5.21. The Morgan fingerprint density at radius 1 is 1.17 bits per heavy atom. The van der Waals surface area contributed by atoms with E-state index in [1.54, 1.807) is 4.90 Å². The number of alkyl carbamates (subject to hydrolysis) is 1. The molecule has 162 valence electrons. The highest BCUT2D eigenvalue weighted by atomic mass is 19.1. The molecule has 1 aromatic heterocycles. The van der Waals surface area contributed by atoms with Crippen molar-refractivity contribution in [3.63, 3.8) is 0 Å². The number of carbonyl (C=O) groups is 2. The van der Waals surface area contributed by atoms with Crippen molar-refractivity contribution in [2.45, 2.75) is 53.1 Å². The molecule has 1 N–H and O–H groups in total. The third-order valence-corrected chi connectivity index (χ3v) is 5.21. The normalized spacial score (nSPS) is 15.3. The van der Waals surface area contributed by atoms with Crippen LogP contribution in [-0.2, 0) is 4.74 Å². The average molecular weight is 416 g/mol. The highest BCUT2D eigenvalue weighted by Gasteiger charge is 2.27. The molecule has 3 rings (SSSR count). The van der Waals surface area contributed by atoms with E-state index >= 15 is 0 Å². The van der Waals surface area contributed by atoms with Crippen molar-refractivity contribution in [1.82, 2.24) is 20.2 Å². The number of piperidine rings is 1. The lowest BCUT2D eigenvalue weighted by Crippen LogP contribution is -2.42.